The lowest BCUT2D eigenvalue weighted by atomic mass is 10.0. The highest BCUT2D eigenvalue weighted by atomic mass is 16.3. The molecule has 3 aromatic heterocycles. The highest BCUT2D eigenvalue weighted by Gasteiger charge is 2.39. The maximum absolute atomic E-state index is 9.99. The Bertz CT molecular complexity index is 962. The van der Waals surface area contributed by atoms with E-state index in [4.69, 9.17) is 4.98 Å². The minimum atomic E-state index is -0.391. The van der Waals surface area contributed by atoms with E-state index >= 15 is 0 Å². The zero-order chi connectivity index (χ0) is 17.7. The third-order valence-corrected chi connectivity index (χ3v) is 5.73. The van der Waals surface area contributed by atoms with E-state index in [1.165, 1.54) is 18.4 Å². The molecule has 5 rings (SSSR count). The summed E-state index contributed by atoms with van der Waals surface area (Å²) in [6.45, 7) is 3.67. The summed E-state index contributed by atoms with van der Waals surface area (Å²) in [7, 11) is 0. The van der Waals surface area contributed by atoms with Crippen LogP contribution in [0.1, 0.15) is 25.3 Å². The molecule has 0 spiro atoms. The number of rotatable bonds is 4. The van der Waals surface area contributed by atoms with Gasteiger partial charge in [-0.2, -0.15) is 0 Å². The Hall–Kier alpha value is -2.44. The molecule has 0 radical (unpaired) electrons. The number of β-amino-alcohol motifs (C(OH)–C–C–N with tert-alkyl or cyclic N) is 1. The van der Waals surface area contributed by atoms with Crippen molar-refractivity contribution in [2.45, 2.75) is 37.3 Å². The molecular weight excluding hydrogens is 326 g/mol. The molecule has 134 valence electrons. The summed E-state index contributed by atoms with van der Waals surface area (Å²) < 4.78 is 2.14. The topological polar surface area (TPSA) is 74.5 Å². The second-order valence-corrected chi connectivity index (χ2v) is 7.73. The first-order valence-corrected chi connectivity index (χ1v) is 9.23. The molecule has 1 aliphatic heterocycles. The fourth-order valence-corrected chi connectivity index (χ4v) is 3.66. The Morgan fingerprint density at radius 3 is 2.88 bits per heavy atom. The molecule has 2 atom stereocenters. The predicted molar refractivity (Wildman–Crippen MR) is 101 cm³/mol. The van der Waals surface area contributed by atoms with Crippen LogP contribution in [0.15, 0.2) is 42.7 Å². The average molecular weight is 349 g/mol. The van der Waals surface area contributed by atoms with Crippen molar-refractivity contribution in [1.82, 2.24) is 19.7 Å². The molecule has 3 aromatic rings. The number of hydrogen-bond acceptors (Lipinski definition) is 5. The fraction of sp³-hybridized carbons (Fsp3) is 0.400. The van der Waals surface area contributed by atoms with Crippen molar-refractivity contribution in [2.75, 3.05) is 18.4 Å². The van der Waals surface area contributed by atoms with Gasteiger partial charge in [-0.15, -0.1) is 0 Å². The summed E-state index contributed by atoms with van der Waals surface area (Å²) in [4.78, 5) is 9.30. The predicted octanol–water partition coefficient (Wildman–Crippen LogP) is 2.19. The molecule has 3 N–H and O–H groups in total. The number of anilines is 1. The molecule has 2 unspecified atom stereocenters. The Morgan fingerprint density at radius 2 is 2.12 bits per heavy atom. The van der Waals surface area contributed by atoms with Crippen LogP contribution in [0.25, 0.3) is 17.0 Å². The monoisotopic (exact) mass is 349 g/mol. The third-order valence-electron chi connectivity index (χ3n) is 5.73. The van der Waals surface area contributed by atoms with E-state index in [1.54, 1.807) is 0 Å². The number of nitrogens with one attached hydrogen (secondary N) is 2. The fourth-order valence-electron chi connectivity index (χ4n) is 3.66. The molecule has 1 saturated carbocycles. The lowest BCUT2D eigenvalue weighted by molar-refractivity contribution is 0.185. The molecule has 6 nitrogen and oxygen atoms in total. The van der Waals surface area contributed by atoms with Crippen molar-refractivity contribution in [2.24, 2.45) is 0 Å². The highest BCUT2D eigenvalue weighted by molar-refractivity contribution is 5.62. The number of aliphatic hydroxyl groups excluding tert-OH is 1. The van der Waals surface area contributed by atoms with Crippen molar-refractivity contribution < 1.29 is 5.11 Å². The van der Waals surface area contributed by atoms with Crippen molar-refractivity contribution in [3.05, 3.63) is 48.3 Å². The average Bonchev–Trinajstić information content (AvgIpc) is 3.08. The van der Waals surface area contributed by atoms with Gasteiger partial charge < -0.3 is 15.7 Å². The standard InChI is InChI=1S/C20H23N5O/c1-20(7-8-20)13-5-6-19-22-10-16(25(19)12-13)14-3-2-4-18(23-14)24-15-9-21-11-17(15)26/h2-6,10,12,15,17,21,26H,7-9,11H2,1H3,(H,23,24). The number of aromatic nitrogens is 3. The van der Waals surface area contributed by atoms with Gasteiger partial charge in [0.1, 0.15) is 11.5 Å². The largest absolute Gasteiger partial charge is 0.390 e. The first-order valence-electron chi connectivity index (χ1n) is 9.23. The molecule has 6 heteroatoms. The van der Waals surface area contributed by atoms with Crippen molar-refractivity contribution >= 4 is 11.5 Å². The molecule has 2 fully saturated rings. The van der Waals surface area contributed by atoms with Crippen LogP contribution in [0.3, 0.4) is 0 Å². The van der Waals surface area contributed by atoms with Gasteiger partial charge in [-0.1, -0.05) is 19.1 Å². The number of hydrogen-bond donors (Lipinski definition) is 3. The molecule has 0 aromatic carbocycles. The number of pyridine rings is 2. The summed E-state index contributed by atoms with van der Waals surface area (Å²) in [6.07, 6.45) is 6.19. The summed E-state index contributed by atoms with van der Waals surface area (Å²) in [5.41, 5.74) is 4.47. The lowest BCUT2D eigenvalue weighted by Gasteiger charge is -2.16. The Kier molecular flexibility index (Phi) is 3.52. The van der Waals surface area contributed by atoms with Gasteiger partial charge in [-0.25, -0.2) is 9.97 Å². The van der Waals surface area contributed by atoms with Crippen LogP contribution in [0, 0.1) is 0 Å². The van der Waals surface area contributed by atoms with Gasteiger partial charge >= 0.3 is 0 Å². The Balaban J connectivity index is 1.50. The van der Waals surface area contributed by atoms with Gasteiger partial charge in [0.15, 0.2) is 0 Å². The van der Waals surface area contributed by atoms with Crippen LogP contribution < -0.4 is 10.6 Å². The number of aliphatic hydroxyl groups is 1. The van der Waals surface area contributed by atoms with Crippen LogP contribution in [-0.2, 0) is 5.41 Å². The molecular formula is C20H23N5O. The smallest absolute Gasteiger partial charge is 0.137 e. The van der Waals surface area contributed by atoms with Gasteiger partial charge in [0, 0.05) is 19.3 Å². The maximum Gasteiger partial charge on any atom is 0.137 e. The first kappa shape index (κ1) is 15.8. The van der Waals surface area contributed by atoms with Crippen molar-refractivity contribution in [3.8, 4) is 11.4 Å². The number of fused-ring (bicyclic) bond motifs is 1. The van der Waals surface area contributed by atoms with Gasteiger partial charge in [0.2, 0.25) is 0 Å². The summed E-state index contributed by atoms with van der Waals surface area (Å²) in [5.74, 6) is 0.774. The number of nitrogens with zero attached hydrogens (tertiary/aromatic N) is 3. The normalized spacial score (nSPS) is 24.1. The van der Waals surface area contributed by atoms with E-state index in [0.29, 0.717) is 12.0 Å². The second kappa shape index (κ2) is 5.79. The summed E-state index contributed by atoms with van der Waals surface area (Å²) in [6, 6.07) is 10.2. The molecule has 0 amide bonds. The van der Waals surface area contributed by atoms with Crippen LogP contribution in [-0.4, -0.2) is 44.7 Å². The summed E-state index contributed by atoms with van der Waals surface area (Å²) in [5, 5.41) is 16.5. The SMILES string of the molecule is CC1(c2ccc3ncc(-c4cccc(NC5CNCC5O)n4)n3c2)CC1. The zero-order valence-electron chi connectivity index (χ0n) is 14.8. The molecule has 4 heterocycles. The van der Waals surface area contributed by atoms with E-state index in [9.17, 15) is 5.11 Å². The quantitative estimate of drug-likeness (QED) is 0.673. The Morgan fingerprint density at radius 1 is 1.23 bits per heavy atom. The maximum atomic E-state index is 9.99. The molecule has 1 aliphatic carbocycles. The van der Waals surface area contributed by atoms with E-state index in [1.807, 2.05) is 24.4 Å². The molecule has 1 saturated heterocycles. The van der Waals surface area contributed by atoms with Crippen LogP contribution >= 0.6 is 0 Å². The summed E-state index contributed by atoms with van der Waals surface area (Å²) >= 11 is 0. The van der Waals surface area contributed by atoms with Crippen LogP contribution in [0.5, 0.6) is 0 Å². The van der Waals surface area contributed by atoms with E-state index in [2.05, 4.69) is 45.3 Å². The van der Waals surface area contributed by atoms with Gasteiger partial charge in [0.25, 0.3) is 0 Å². The van der Waals surface area contributed by atoms with E-state index < -0.39 is 6.10 Å². The Labute approximate surface area is 152 Å². The third kappa shape index (κ3) is 2.66. The zero-order valence-corrected chi connectivity index (χ0v) is 14.8. The van der Waals surface area contributed by atoms with Gasteiger partial charge in [-0.05, 0) is 42.0 Å². The van der Waals surface area contributed by atoms with Crippen molar-refractivity contribution in [1.29, 1.82) is 0 Å². The van der Waals surface area contributed by atoms with Crippen LogP contribution in [0.2, 0.25) is 0 Å². The van der Waals surface area contributed by atoms with E-state index in [0.717, 1.165) is 29.4 Å². The minimum Gasteiger partial charge on any atom is -0.390 e. The molecule has 26 heavy (non-hydrogen) atoms. The van der Waals surface area contributed by atoms with E-state index in [-0.39, 0.29) is 6.04 Å². The van der Waals surface area contributed by atoms with Gasteiger partial charge in [-0.3, -0.25) is 4.40 Å². The molecule has 2 aliphatic rings. The van der Waals surface area contributed by atoms with Crippen molar-refractivity contribution in [3.63, 3.8) is 0 Å². The lowest BCUT2D eigenvalue weighted by Crippen LogP contribution is -2.32. The van der Waals surface area contributed by atoms with Crippen LogP contribution in [0.4, 0.5) is 5.82 Å². The molecule has 0 bridgehead atoms. The number of imidazole rings is 1. The second-order valence-electron chi connectivity index (χ2n) is 7.73. The first-order chi connectivity index (χ1) is 12.6. The highest BCUT2D eigenvalue weighted by Crippen LogP contribution is 2.47. The minimum absolute atomic E-state index is 0.0126. The van der Waals surface area contributed by atoms with Gasteiger partial charge in [0.05, 0.1) is 29.7 Å².